The third-order valence-corrected chi connectivity index (χ3v) is 3.28. The second-order valence-corrected chi connectivity index (χ2v) is 3.73. The fraction of sp³-hybridized carbons (Fsp3) is 1.00. The van der Waals surface area contributed by atoms with Gasteiger partial charge in [0.25, 0.3) is 0 Å². The zero-order valence-corrected chi connectivity index (χ0v) is 6.65. The molecule has 1 aliphatic carbocycles. The first-order chi connectivity index (χ1) is 4.07. The molecule has 0 bridgehead atoms. The van der Waals surface area contributed by atoms with Crippen molar-refractivity contribution in [2.75, 3.05) is 0 Å². The lowest BCUT2D eigenvalue weighted by Crippen LogP contribution is -2.48. The van der Waals surface area contributed by atoms with Crippen molar-refractivity contribution in [1.82, 2.24) is 0 Å². The third kappa shape index (κ3) is 0.877. The maximum Gasteiger partial charge on any atom is 0.00669 e. The van der Waals surface area contributed by atoms with Gasteiger partial charge in [0.1, 0.15) is 0 Å². The molecule has 0 aliphatic heterocycles. The average molecular weight is 127 g/mol. The molecule has 2 N–H and O–H groups in total. The van der Waals surface area contributed by atoms with Crippen LogP contribution in [0.4, 0.5) is 0 Å². The summed E-state index contributed by atoms with van der Waals surface area (Å²) in [6, 6.07) is 0.376. The van der Waals surface area contributed by atoms with Gasteiger partial charge in [-0.05, 0) is 31.1 Å². The fourth-order valence-electron chi connectivity index (χ4n) is 1.56. The van der Waals surface area contributed by atoms with Gasteiger partial charge in [0, 0.05) is 6.04 Å². The molecule has 0 aromatic carbocycles. The highest BCUT2D eigenvalue weighted by Gasteiger charge is 2.42. The first-order valence-corrected chi connectivity index (χ1v) is 3.83. The maximum atomic E-state index is 5.82. The van der Waals surface area contributed by atoms with E-state index in [4.69, 9.17) is 5.73 Å². The van der Waals surface area contributed by atoms with Crippen LogP contribution in [0.2, 0.25) is 0 Å². The molecule has 9 heavy (non-hydrogen) atoms. The highest BCUT2D eigenvalue weighted by atomic mass is 14.7. The average Bonchev–Trinajstić information content (AvgIpc) is 1.82. The van der Waals surface area contributed by atoms with E-state index in [1.807, 2.05) is 0 Å². The molecule has 0 saturated heterocycles. The van der Waals surface area contributed by atoms with E-state index in [0.29, 0.717) is 11.5 Å². The molecule has 0 spiro atoms. The smallest absolute Gasteiger partial charge is 0.00669 e. The fourth-order valence-corrected chi connectivity index (χ4v) is 1.56. The van der Waals surface area contributed by atoms with Gasteiger partial charge in [0.05, 0.1) is 0 Å². The van der Waals surface area contributed by atoms with Crippen LogP contribution in [0.5, 0.6) is 0 Å². The number of hydrogen-bond donors (Lipinski definition) is 1. The highest BCUT2D eigenvalue weighted by Crippen LogP contribution is 2.47. The summed E-state index contributed by atoms with van der Waals surface area (Å²) in [6.45, 7) is 6.72. The molecule has 0 heterocycles. The van der Waals surface area contributed by atoms with Crippen molar-refractivity contribution >= 4 is 0 Å². The van der Waals surface area contributed by atoms with Crippen LogP contribution in [-0.2, 0) is 0 Å². The molecule has 1 rings (SSSR count). The topological polar surface area (TPSA) is 26.0 Å². The summed E-state index contributed by atoms with van der Waals surface area (Å²) in [5, 5.41) is 0. The minimum Gasteiger partial charge on any atom is -0.327 e. The summed E-state index contributed by atoms with van der Waals surface area (Å²) in [5.74, 6) is 0.845. The monoisotopic (exact) mass is 127 g/mol. The summed E-state index contributed by atoms with van der Waals surface area (Å²) in [5.41, 5.74) is 6.28. The molecule has 1 saturated carbocycles. The first kappa shape index (κ1) is 7.07. The van der Waals surface area contributed by atoms with Crippen LogP contribution in [-0.4, -0.2) is 6.04 Å². The summed E-state index contributed by atoms with van der Waals surface area (Å²) in [7, 11) is 0. The van der Waals surface area contributed by atoms with E-state index in [1.165, 1.54) is 12.8 Å². The number of rotatable bonds is 1. The Balaban J connectivity index is 2.53. The molecule has 54 valence electrons. The lowest BCUT2D eigenvalue weighted by Gasteiger charge is -2.48. The van der Waals surface area contributed by atoms with Crippen molar-refractivity contribution in [2.24, 2.45) is 17.1 Å². The summed E-state index contributed by atoms with van der Waals surface area (Å²) in [6.07, 6.45) is 2.70. The van der Waals surface area contributed by atoms with E-state index in [2.05, 4.69) is 20.8 Å². The minimum absolute atomic E-state index is 0.376. The van der Waals surface area contributed by atoms with E-state index >= 15 is 0 Å². The van der Waals surface area contributed by atoms with E-state index < -0.39 is 0 Å². The maximum absolute atomic E-state index is 5.82. The van der Waals surface area contributed by atoms with Gasteiger partial charge in [0.15, 0.2) is 0 Å². The normalized spacial score (nSPS) is 46.0. The van der Waals surface area contributed by atoms with Crippen LogP contribution in [0.3, 0.4) is 0 Å². The molecule has 1 aliphatic rings. The Morgan fingerprint density at radius 1 is 1.67 bits per heavy atom. The van der Waals surface area contributed by atoms with Crippen LogP contribution in [0.1, 0.15) is 33.6 Å². The molecule has 0 radical (unpaired) electrons. The van der Waals surface area contributed by atoms with Crippen molar-refractivity contribution in [3.63, 3.8) is 0 Å². The van der Waals surface area contributed by atoms with Crippen LogP contribution < -0.4 is 5.73 Å². The van der Waals surface area contributed by atoms with Crippen LogP contribution >= 0.6 is 0 Å². The summed E-state index contributed by atoms with van der Waals surface area (Å²) < 4.78 is 0. The molecule has 0 aromatic rings. The van der Waals surface area contributed by atoms with Crippen LogP contribution in [0.15, 0.2) is 0 Å². The van der Waals surface area contributed by atoms with Gasteiger partial charge in [-0.1, -0.05) is 13.8 Å². The molecular formula is C8H17N. The molecule has 3 unspecified atom stereocenters. The molecular weight excluding hydrogens is 110 g/mol. The highest BCUT2D eigenvalue weighted by molar-refractivity contribution is 4.94. The predicted molar refractivity (Wildman–Crippen MR) is 40.2 cm³/mol. The Bertz CT molecular complexity index is 102. The lowest BCUT2D eigenvalue weighted by molar-refractivity contribution is 0.0416. The minimum atomic E-state index is 0.376. The zero-order chi connectivity index (χ0) is 7.07. The van der Waals surface area contributed by atoms with Crippen molar-refractivity contribution in [3.05, 3.63) is 0 Å². The van der Waals surface area contributed by atoms with E-state index in [-0.39, 0.29) is 0 Å². The van der Waals surface area contributed by atoms with E-state index in [1.54, 1.807) is 0 Å². The van der Waals surface area contributed by atoms with Gasteiger partial charge >= 0.3 is 0 Å². The second-order valence-electron chi connectivity index (χ2n) is 3.73. The molecule has 0 amide bonds. The lowest BCUT2D eigenvalue weighted by atomic mass is 9.59. The standard InChI is InChI=1S/C8H17N/c1-6-4-5-8(6,3)7(2)9/h6-7H,4-5,9H2,1-3H3. The Labute approximate surface area is 57.6 Å². The van der Waals surface area contributed by atoms with Gasteiger partial charge in [-0.2, -0.15) is 0 Å². The second kappa shape index (κ2) is 1.98. The molecule has 1 heteroatoms. The van der Waals surface area contributed by atoms with Crippen molar-refractivity contribution < 1.29 is 0 Å². The van der Waals surface area contributed by atoms with Gasteiger partial charge in [-0.15, -0.1) is 0 Å². The van der Waals surface area contributed by atoms with Crippen molar-refractivity contribution in [1.29, 1.82) is 0 Å². The van der Waals surface area contributed by atoms with E-state index in [0.717, 1.165) is 5.92 Å². The Hall–Kier alpha value is -0.0400. The van der Waals surface area contributed by atoms with Gasteiger partial charge < -0.3 is 5.73 Å². The number of nitrogens with two attached hydrogens (primary N) is 1. The summed E-state index contributed by atoms with van der Waals surface area (Å²) in [4.78, 5) is 0. The molecule has 3 atom stereocenters. The van der Waals surface area contributed by atoms with Gasteiger partial charge in [0.2, 0.25) is 0 Å². The third-order valence-electron chi connectivity index (χ3n) is 3.28. The summed E-state index contributed by atoms with van der Waals surface area (Å²) >= 11 is 0. The van der Waals surface area contributed by atoms with Crippen LogP contribution in [0, 0.1) is 11.3 Å². The Kier molecular flexibility index (Phi) is 1.55. The predicted octanol–water partition coefficient (Wildman–Crippen LogP) is 1.77. The SMILES string of the molecule is CC(N)C1(C)CCC1C. The molecule has 1 fully saturated rings. The number of hydrogen-bond acceptors (Lipinski definition) is 1. The van der Waals surface area contributed by atoms with E-state index in [9.17, 15) is 0 Å². The Morgan fingerprint density at radius 3 is 2.22 bits per heavy atom. The van der Waals surface area contributed by atoms with Crippen LogP contribution in [0.25, 0.3) is 0 Å². The van der Waals surface area contributed by atoms with Gasteiger partial charge in [-0.25, -0.2) is 0 Å². The molecule has 0 aromatic heterocycles. The van der Waals surface area contributed by atoms with Crippen molar-refractivity contribution in [3.8, 4) is 0 Å². The van der Waals surface area contributed by atoms with Gasteiger partial charge in [-0.3, -0.25) is 0 Å². The first-order valence-electron chi connectivity index (χ1n) is 3.83. The zero-order valence-electron chi connectivity index (χ0n) is 6.65. The Morgan fingerprint density at radius 2 is 2.22 bits per heavy atom. The van der Waals surface area contributed by atoms with Crippen molar-refractivity contribution in [2.45, 2.75) is 39.7 Å². The molecule has 1 nitrogen and oxygen atoms in total. The largest absolute Gasteiger partial charge is 0.327 e. The quantitative estimate of drug-likeness (QED) is 0.570.